The van der Waals surface area contributed by atoms with E-state index in [1.54, 1.807) is 6.20 Å². The molecule has 0 saturated carbocycles. The van der Waals surface area contributed by atoms with E-state index in [2.05, 4.69) is 30.2 Å². The van der Waals surface area contributed by atoms with Gasteiger partial charge in [-0.1, -0.05) is 19.9 Å². The van der Waals surface area contributed by atoms with Gasteiger partial charge in [0.2, 0.25) is 0 Å². The smallest absolute Gasteiger partial charge is 0.0305 e. The van der Waals surface area contributed by atoms with Gasteiger partial charge in [-0.3, -0.25) is 4.98 Å². The Morgan fingerprint density at radius 2 is 2.25 bits per heavy atom. The van der Waals surface area contributed by atoms with Crippen LogP contribution in [0.4, 0.5) is 0 Å². The van der Waals surface area contributed by atoms with Crippen LogP contribution in [0.1, 0.15) is 19.4 Å². The van der Waals surface area contributed by atoms with Crippen LogP contribution < -0.4 is 5.32 Å². The largest absolute Gasteiger partial charge is 0.319 e. The first-order valence-corrected chi connectivity index (χ1v) is 4.22. The highest BCUT2D eigenvalue weighted by Gasteiger charge is 2.18. The van der Waals surface area contributed by atoms with Crippen LogP contribution in [0.5, 0.6) is 0 Å². The molecule has 66 valence electrons. The van der Waals surface area contributed by atoms with E-state index in [0.29, 0.717) is 0 Å². The van der Waals surface area contributed by atoms with Gasteiger partial charge in [0, 0.05) is 24.4 Å². The normalized spacial score (nSPS) is 11.6. The summed E-state index contributed by atoms with van der Waals surface area (Å²) in [6, 6.07) is 4.09. The second kappa shape index (κ2) is 3.68. The third-order valence-electron chi connectivity index (χ3n) is 2.06. The summed E-state index contributed by atoms with van der Waals surface area (Å²) in [5, 5.41) is 3.18. The molecule has 2 heteroatoms. The molecule has 0 aliphatic heterocycles. The molecule has 0 aromatic carbocycles. The molecule has 12 heavy (non-hydrogen) atoms. The molecule has 0 fully saturated rings. The van der Waals surface area contributed by atoms with Crippen molar-refractivity contribution in [3.05, 3.63) is 30.1 Å². The molecule has 2 nitrogen and oxygen atoms in total. The molecule has 0 aliphatic rings. The van der Waals surface area contributed by atoms with Gasteiger partial charge < -0.3 is 5.32 Å². The Balaban J connectivity index is 2.82. The Morgan fingerprint density at radius 1 is 1.50 bits per heavy atom. The van der Waals surface area contributed by atoms with Crippen molar-refractivity contribution in [1.82, 2.24) is 10.3 Å². The predicted molar refractivity (Wildman–Crippen MR) is 51.2 cm³/mol. The molecule has 1 N–H and O–H groups in total. The Labute approximate surface area is 74.0 Å². The van der Waals surface area contributed by atoms with Crippen LogP contribution in [-0.2, 0) is 5.41 Å². The van der Waals surface area contributed by atoms with E-state index in [-0.39, 0.29) is 5.41 Å². The number of pyridine rings is 1. The zero-order valence-corrected chi connectivity index (χ0v) is 7.96. The summed E-state index contributed by atoms with van der Waals surface area (Å²) in [5.74, 6) is 0. The fraction of sp³-hybridized carbons (Fsp3) is 0.500. The summed E-state index contributed by atoms with van der Waals surface area (Å²) in [7, 11) is 1.97. The van der Waals surface area contributed by atoms with Crippen LogP contribution in [0.2, 0.25) is 0 Å². The second-order valence-corrected chi connectivity index (χ2v) is 3.66. The SMILES string of the molecule is CNCC(C)(C)c1cccnc1. The van der Waals surface area contributed by atoms with Crippen molar-refractivity contribution in [2.75, 3.05) is 13.6 Å². The van der Waals surface area contributed by atoms with E-state index < -0.39 is 0 Å². The summed E-state index contributed by atoms with van der Waals surface area (Å²) < 4.78 is 0. The van der Waals surface area contributed by atoms with Gasteiger partial charge >= 0.3 is 0 Å². The molecular weight excluding hydrogens is 148 g/mol. The summed E-state index contributed by atoms with van der Waals surface area (Å²) in [6.07, 6.45) is 3.73. The van der Waals surface area contributed by atoms with Crippen molar-refractivity contribution >= 4 is 0 Å². The predicted octanol–water partition coefficient (Wildman–Crippen LogP) is 1.58. The van der Waals surface area contributed by atoms with E-state index in [0.717, 1.165) is 6.54 Å². The summed E-state index contributed by atoms with van der Waals surface area (Å²) >= 11 is 0. The van der Waals surface area contributed by atoms with E-state index in [1.165, 1.54) is 5.56 Å². The lowest BCUT2D eigenvalue weighted by molar-refractivity contribution is 0.492. The number of nitrogens with one attached hydrogen (secondary N) is 1. The fourth-order valence-corrected chi connectivity index (χ4v) is 1.31. The molecule has 1 heterocycles. The first-order valence-electron chi connectivity index (χ1n) is 4.22. The highest BCUT2D eigenvalue weighted by Crippen LogP contribution is 2.20. The van der Waals surface area contributed by atoms with Crippen molar-refractivity contribution in [3.8, 4) is 0 Å². The van der Waals surface area contributed by atoms with Crippen LogP contribution >= 0.6 is 0 Å². The van der Waals surface area contributed by atoms with Crippen molar-refractivity contribution in [3.63, 3.8) is 0 Å². The highest BCUT2D eigenvalue weighted by atomic mass is 14.8. The highest BCUT2D eigenvalue weighted by molar-refractivity contribution is 5.19. The minimum Gasteiger partial charge on any atom is -0.319 e. The molecule has 0 radical (unpaired) electrons. The van der Waals surface area contributed by atoms with Crippen molar-refractivity contribution in [2.24, 2.45) is 0 Å². The van der Waals surface area contributed by atoms with Gasteiger partial charge in [-0.15, -0.1) is 0 Å². The molecule has 0 unspecified atom stereocenters. The Morgan fingerprint density at radius 3 is 2.75 bits per heavy atom. The van der Waals surface area contributed by atoms with E-state index in [1.807, 2.05) is 19.3 Å². The zero-order valence-electron chi connectivity index (χ0n) is 7.96. The minimum absolute atomic E-state index is 0.170. The maximum absolute atomic E-state index is 4.11. The monoisotopic (exact) mass is 164 g/mol. The Bertz CT molecular complexity index is 229. The molecule has 1 rings (SSSR count). The van der Waals surface area contributed by atoms with Crippen molar-refractivity contribution in [1.29, 1.82) is 0 Å². The standard InChI is InChI=1S/C10H16N2/c1-10(2,8-11-3)9-5-4-6-12-7-9/h4-7,11H,8H2,1-3H3. The lowest BCUT2D eigenvalue weighted by atomic mass is 9.86. The minimum atomic E-state index is 0.170. The molecule has 0 atom stereocenters. The molecule has 1 aromatic rings. The number of hydrogen-bond acceptors (Lipinski definition) is 2. The molecule has 0 aliphatic carbocycles. The first-order chi connectivity index (χ1) is 5.67. The van der Waals surface area contributed by atoms with Crippen LogP contribution in [0.25, 0.3) is 0 Å². The van der Waals surface area contributed by atoms with Gasteiger partial charge in [0.1, 0.15) is 0 Å². The number of nitrogens with zero attached hydrogens (tertiary/aromatic N) is 1. The molecule has 0 bridgehead atoms. The number of hydrogen-bond donors (Lipinski definition) is 1. The third kappa shape index (κ3) is 2.05. The lowest BCUT2D eigenvalue weighted by Gasteiger charge is -2.24. The van der Waals surface area contributed by atoms with Gasteiger partial charge in [-0.05, 0) is 18.7 Å². The quantitative estimate of drug-likeness (QED) is 0.733. The molecule has 0 amide bonds. The topological polar surface area (TPSA) is 24.9 Å². The van der Waals surface area contributed by atoms with E-state index in [9.17, 15) is 0 Å². The van der Waals surface area contributed by atoms with Crippen LogP contribution in [0.15, 0.2) is 24.5 Å². The maximum Gasteiger partial charge on any atom is 0.0305 e. The van der Waals surface area contributed by atoms with Crippen LogP contribution in [-0.4, -0.2) is 18.6 Å². The van der Waals surface area contributed by atoms with Gasteiger partial charge in [-0.25, -0.2) is 0 Å². The van der Waals surface area contributed by atoms with Gasteiger partial charge in [0.25, 0.3) is 0 Å². The van der Waals surface area contributed by atoms with Crippen LogP contribution in [0.3, 0.4) is 0 Å². The van der Waals surface area contributed by atoms with E-state index >= 15 is 0 Å². The number of rotatable bonds is 3. The molecule has 1 aromatic heterocycles. The molecule has 0 spiro atoms. The molecule has 0 saturated heterocycles. The second-order valence-electron chi connectivity index (χ2n) is 3.66. The number of aromatic nitrogens is 1. The number of likely N-dealkylation sites (N-methyl/N-ethyl adjacent to an activating group) is 1. The van der Waals surface area contributed by atoms with Crippen LogP contribution in [0, 0.1) is 0 Å². The van der Waals surface area contributed by atoms with E-state index in [4.69, 9.17) is 0 Å². The Kier molecular flexibility index (Phi) is 2.82. The maximum atomic E-state index is 4.11. The fourth-order valence-electron chi connectivity index (χ4n) is 1.31. The average molecular weight is 164 g/mol. The molecular formula is C10H16N2. The average Bonchev–Trinajstić information content (AvgIpc) is 2.06. The lowest BCUT2D eigenvalue weighted by Crippen LogP contribution is -2.30. The van der Waals surface area contributed by atoms with Gasteiger partial charge in [0.05, 0.1) is 0 Å². The van der Waals surface area contributed by atoms with Gasteiger partial charge in [0.15, 0.2) is 0 Å². The summed E-state index contributed by atoms with van der Waals surface area (Å²) in [6.45, 7) is 5.39. The van der Waals surface area contributed by atoms with Crippen molar-refractivity contribution < 1.29 is 0 Å². The zero-order chi connectivity index (χ0) is 9.03. The first kappa shape index (κ1) is 9.20. The Hall–Kier alpha value is -0.890. The summed E-state index contributed by atoms with van der Waals surface area (Å²) in [4.78, 5) is 4.11. The van der Waals surface area contributed by atoms with Gasteiger partial charge in [-0.2, -0.15) is 0 Å². The summed E-state index contributed by atoms with van der Waals surface area (Å²) in [5.41, 5.74) is 1.45. The van der Waals surface area contributed by atoms with Crippen molar-refractivity contribution in [2.45, 2.75) is 19.3 Å². The third-order valence-corrected chi connectivity index (χ3v) is 2.06.